The fraction of sp³-hybridized carbons (Fsp3) is 0.789. The van der Waals surface area contributed by atoms with Gasteiger partial charge in [0.15, 0.2) is 17.7 Å². The highest BCUT2D eigenvalue weighted by Crippen LogP contribution is 2.37. The van der Waals surface area contributed by atoms with Crippen molar-refractivity contribution in [1.29, 1.82) is 0 Å². The van der Waals surface area contributed by atoms with Gasteiger partial charge in [-0.1, -0.05) is 13.0 Å². The molecule has 0 aromatic heterocycles. The lowest BCUT2D eigenvalue weighted by molar-refractivity contribution is -0.164. The summed E-state index contributed by atoms with van der Waals surface area (Å²) >= 11 is 0. The van der Waals surface area contributed by atoms with Crippen LogP contribution in [0.1, 0.15) is 41.0 Å². The zero-order chi connectivity index (χ0) is 20.0. The van der Waals surface area contributed by atoms with Gasteiger partial charge in [0.2, 0.25) is 5.91 Å². The number of nitrogens with zero attached hydrogens (tertiary/aromatic N) is 1. The highest BCUT2D eigenvalue weighted by molar-refractivity contribution is 5.95. The zero-order valence-corrected chi connectivity index (χ0v) is 16.6. The quantitative estimate of drug-likeness (QED) is 0.673. The van der Waals surface area contributed by atoms with Gasteiger partial charge in [-0.05, 0) is 34.1 Å². The first-order valence-corrected chi connectivity index (χ1v) is 9.33. The summed E-state index contributed by atoms with van der Waals surface area (Å²) in [6.07, 6.45) is -0.263. The number of imide groups is 1. The first kappa shape index (κ1) is 20.3. The number of rotatable bonds is 5. The minimum absolute atomic E-state index is 0.251. The molecule has 0 spiro atoms. The smallest absolute Gasteiger partial charge is 0.417 e. The predicted molar refractivity (Wildman–Crippen MR) is 94.7 cm³/mol. The Bertz CT molecular complexity index is 617. The van der Waals surface area contributed by atoms with Crippen LogP contribution in [0, 0.1) is 5.92 Å². The Morgan fingerprint density at radius 2 is 1.74 bits per heavy atom. The van der Waals surface area contributed by atoms with Crippen LogP contribution in [-0.4, -0.2) is 66.0 Å². The Balaban J connectivity index is 1.88. The largest absolute Gasteiger partial charge is 0.441 e. The molecule has 0 aromatic carbocycles. The maximum absolute atomic E-state index is 13.0. The third-order valence-corrected chi connectivity index (χ3v) is 5.06. The van der Waals surface area contributed by atoms with Gasteiger partial charge in [-0.3, -0.25) is 4.79 Å². The SMILES string of the molecule is C=CC[C@H](C)C(=O)N1C(=O)O[C@H]([C@H]2COC(C)(C)O2)[C@@H]1[C@H]1COC(C)(C)O1. The molecule has 27 heavy (non-hydrogen) atoms. The van der Waals surface area contributed by atoms with Crippen LogP contribution in [0.3, 0.4) is 0 Å². The van der Waals surface area contributed by atoms with Crippen molar-refractivity contribution in [3.05, 3.63) is 12.7 Å². The second-order valence-electron chi connectivity index (χ2n) is 8.21. The van der Waals surface area contributed by atoms with E-state index in [2.05, 4.69) is 6.58 Å². The third kappa shape index (κ3) is 4.03. The topological polar surface area (TPSA) is 83.5 Å². The van der Waals surface area contributed by atoms with Crippen molar-refractivity contribution < 1.29 is 33.3 Å². The van der Waals surface area contributed by atoms with Gasteiger partial charge in [-0.15, -0.1) is 6.58 Å². The molecule has 3 heterocycles. The first-order chi connectivity index (χ1) is 12.5. The Hall–Kier alpha value is -1.48. The van der Waals surface area contributed by atoms with E-state index in [0.717, 1.165) is 0 Å². The Morgan fingerprint density at radius 3 is 2.22 bits per heavy atom. The van der Waals surface area contributed by atoms with Gasteiger partial charge in [0.1, 0.15) is 18.2 Å². The minimum Gasteiger partial charge on any atom is -0.441 e. The summed E-state index contributed by atoms with van der Waals surface area (Å²) in [7, 11) is 0. The van der Waals surface area contributed by atoms with Crippen LogP contribution in [0.4, 0.5) is 4.79 Å². The second kappa shape index (κ2) is 7.16. The summed E-state index contributed by atoms with van der Waals surface area (Å²) in [4.78, 5) is 26.8. The van der Waals surface area contributed by atoms with Crippen molar-refractivity contribution in [3.63, 3.8) is 0 Å². The van der Waals surface area contributed by atoms with Gasteiger partial charge in [0, 0.05) is 5.92 Å². The minimum atomic E-state index is -0.797. The van der Waals surface area contributed by atoms with Crippen molar-refractivity contribution in [2.24, 2.45) is 5.92 Å². The third-order valence-electron chi connectivity index (χ3n) is 5.06. The summed E-state index contributed by atoms with van der Waals surface area (Å²) in [6, 6.07) is -0.651. The summed E-state index contributed by atoms with van der Waals surface area (Å²) in [5.74, 6) is -2.29. The van der Waals surface area contributed by atoms with Crippen LogP contribution in [0.25, 0.3) is 0 Å². The normalized spacial score (nSPS) is 35.9. The number of hydrogen-bond donors (Lipinski definition) is 0. The lowest BCUT2D eigenvalue weighted by Gasteiger charge is -2.31. The number of carbonyl (C=O) groups excluding carboxylic acids is 2. The molecule has 3 fully saturated rings. The van der Waals surface area contributed by atoms with Gasteiger partial charge < -0.3 is 23.7 Å². The van der Waals surface area contributed by atoms with E-state index >= 15 is 0 Å². The van der Waals surface area contributed by atoms with E-state index in [9.17, 15) is 9.59 Å². The van der Waals surface area contributed by atoms with Crippen LogP contribution in [0.15, 0.2) is 12.7 Å². The summed E-state index contributed by atoms with van der Waals surface area (Å²) in [5, 5.41) is 0. The molecule has 152 valence electrons. The second-order valence-corrected chi connectivity index (χ2v) is 8.21. The average molecular weight is 383 g/mol. The van der Waals surface area contributed by atoms with Crippen LogP contribution >= 0.6 is 0 Å². The molecule has 2 amide bonds. The summed E-state index contributed by atoms with van der Waals surface area (Å²) in [5.41, 5.74) is 0. The Morgan fingerprint density at radius 1 is 1.19 bits per heavy atom. The van der Waals surface area contributed by atoms with Crippen LogP contribution in [-0.2, 0) is 28.5 Å². The molecule has 8 heteroatoms. The maximum Gasteiger partial charge on any atom is 0.417 e. The molecule has 3 rings (SSSR count). The van der Waals surface area contributed by atoms with E-state index in [1.54, 1.807) is 40.7 Å². The molecule has 0 radical (unpaired) electrons. The van der Waals surface area contributed by atoms with E-state index in [0.29, 0.717) is 6.42 Å². The van der Waals surface area contributed by atoms with Gasteiger partial charge >= 0.3 is 6.09 Å². The molecule has 0 bridgehead atoms. The number of hydrogen-bond acceptors (Lipinski definition) is 7. The number of allylic oxidation sites excluding steroid dienone is 1. The van der Waals surface area contributed by atoms with E-state index in [4.69, 9.17) is 23.7 Å². The molecule has 3 aliphatic heterocycles. The number of ether oxygens (including phenoxy) is 5. The molecule has 0 aliphatic carbocycles. The molecule has 0 saturated carbocycles. The van der Waals surface area contributed by atoms with Crippen molar-refractivity contribution in [2.75, 3.05) is 13.2 Å². The monoisotopic (exact) mass is 383 g/mol. The Kier molecular flexibility index (Phi) is 5.37. The number of amides is 2. The summed E-state index contributed by atoms with van der Waals surface area (Å²) in [6.45, 7) is 13.1. The van der Waals surface area contributed by atoms with Gasteiger partial charge in [0.05, 0.1) is 13.2 Å². The molecule has 0 aromatic rings. The van der Waals surface area contributed by atoms with Crippen LogP contribution in [0.2, 0.25) is 0 Å². The molecule has 3 aliphatic rings. The van der Waals surface area contributed by atoms with Crippen LogP contribution < -0.4 is 0 Å². The highest BCUT2D eigenvalue weighted by atomic mass is 16.8. The van der Waals surface area contributed by atoms with Gasteiger partial charge in [0.25, 0.3) is 0 Å². The molecule has 0 unspecified atom stereocenters. The molecule has 5 atom stereocenters. The lowest BCUT2D eigenvalue weighted by Crippen LogP contribution is -2.54. The van der Waals surface area contributed by atoms with Crippen LogP contribution in [0.5, 0.6) is 0 Å². The van der Waals surface area contributed by atoms with E-state index < -0.39 is 47.9 Å². The molecule has 8 nitrogen and oxygen atoms in total. The fourth-order valence-corrected chi connectivity index (χ4v) is 3.77. The molecule has 0 N–H and O–H groups in total. The average Bonchev–Trinajstić information content (AvgIpc) is 3.21. The Labute approximate surface area is 159 Å². The first-order valence-electron chi connectivity index (χ1n) is 9.33. The van der Waals surface area contributed by atoms with E-state index in [-0.39, 0.29) is 19.1 Å². The molecular weight excluding hydrogens is 354 g/mol. The zero-order valence-electron chi connectivity index (χ0n) is 16.6. The van der Waals surface area contributed by atoms with Crippen molar-refractivity contribution in [2.45, 2.75) is 77.0 Å². The van der Waals surface area contributed by atoms with E-state index in [1.807, 2.05) is 0 Å². The lowest BCUT2D eigenvalue weighted by atomic mass is 9.98. The molecular formula is C19H29NO7. The number of carbonyl (C=O) groups is 2. The van der Waals surface area contributed by atoms with Gasteiger partial charge in [-0.2, -0.15) is 0 Å². The van der Waals surface area contributed by atoms with Gasteiger partial charge in [-0.25, -0.2) is 9.69 Å². The number of cyclic esters (lactones) is 1. The van der Waals surface area contributed by atoms with E-state index in [1.165, 1.54) is 4.90 Å². The summed E-state index contributed by atoms with van der Waals surface area (Å²) < 4.78 is 28.8. The fourth-order valence-electron chi connectivity index (χ4n) is 3.77. The molecule has 3 saturated heterocycles. The predicted octanol–water partition coefficient (Wildman–Crippen LogP) is 2.22. The maximum atomic E-state index is 13.0. The standard InChI is InChI=1S/C19H29NO7/c1-7-8-11(2)16(21)20-14(12-9-23-18(3,4)26-12)15(25-17(20)22)13-10-24-19(5,6)27-13/h7,11-15H,1,8-10H2,2-6H3/t11-,12+,13+,14-,15+/m0/s1. The van der Waals surface area contributed by atoms with Crippen molar-refractivity contribution in [3.8, 4) is 0 Å². The van der Waals surface area contributed by atoms with Crippen molar-refractivity contribution >= 4 is 12.0 Å². The highest BCUT2D eigenvalue weighted by Gasteiger charge is 2.57. The van der Waals surface area contributed by atoms with Crippen molar-refractivity contribution in [1.82, 2.24) is 4.90 Å².